The van der Waals surface area contributed by atoms with Gasteiger partial charge in [0.15, 0.2) is 11.2 Å². The molecule has 0 radical (unpaired) electrons. The second-order valence-electron chi connectivity index (χ2n) is 3.88. The zero-order valence-electron chi connectivity index (χ0n) is 10.2. The highest BCUT2D eigenvalue weighted by Crippen LogP contribution is 2.32. The van der Waals surface area contributed by atoms with Crippen LogP contribution in [0, 0.1) is 0 Å². The number of rotatable bonds is 5. The van der Waals surface area contributed by atoms with Crippen LogP contribution in [-0.4, -0.2) is 23.7 Å². The molecule has 0 bridgehead atoms. The van der Waals surface area contributed by atoms with Crippen molar-refractivity contribution in [3.63, 3.8) is 0 Å². The van der Waals surface area contributed by atoms with Crippen molar-refractivity contribution in [1.82, 2.24) is 0 Å². The number of alkyl halides is 1. The summed E-state index contributed by atoms with van der Waals surface area (Å²) in [5.41, 5.74) is -0.910. The quantitative estimate of drug-likeness (QED) is 0.472. The Kier molecular flexibility index (Phi) is 5.35. The summed E-state index contributed by atoms with van der Waals surface area (Å²) in [5.74, 6) is -0.864. The van der Waals surface area contributed by atoms with Crippen LogP contribution in [0.25, 0.3) is 0 Å². The van der Waals surface area contributed by atoms with Gasteiger partial charge in [-0.05, 0) is 25.5 Å². The molecule has 0 aromatic heterocycles. The van der Waals surface area contributed by atoms with Crippen LogP contribution in [0.4, 0.5) is 0 Å². The standard InChI is InChI=1S/C13H14BrClO3/c1-3-18-12(17)13(2,11(16)8-14)9-6-4-5-7-10(9)15/h4-7H,3,8H2,1-2H3. The predicted octanol–water partition coefficient (Wildman–Crippen LogP) is 3.12. The molecule has 98 valence electrons. The van der Waals surface area contributed by atoms with Gasteiger partial charge >= 0.3 is 5.97 Å². The Hall–Kier alpha value is -0.870. The van der Waals surface area contributed by atoms with Crippen LogP contribution < -0.4 is 0 Å². The van der Waals surface area contributed by atoms with Crippen molar-refractivity contribution in [2.45, 2.75) is 19.3 Å². The van der Waals surface area contributed by atoms with E-state index in [-0.39, 0.29) is 17.7 Å². The second-order valence-corrected chi connectivity index (χ2v) is 4.85. The Bertz CT molecular complexity index is 461. The molecule has 0 N–H and O–H groups in total. The minimum atomic E-state index is -1.38. The van der Waals surface area contributed by atoms with Gasteiger partial charge in [0.2, 0.25) is 0 Å². The Morgan fingerprint density at radius 1 is 1.39 bits per heavy atom. The fourth-order valence-corrected chi connectivity index (χ4v) is 2.54. The van der Waals surface area contributed by atoms with Crippen LogP contribution in [0.3, 0.4) is 0 Å². The molecule has 0 fully saturated rings. The molecule has 1 rings (SSSR count). The lowest BCUT2D eigenvalue weighted by Crippen LogP contribution is -2.43. The molecule has 0 amide bonds. The zero-order valence-corrected chi connectivity index (χ0v) is 12.5. The van der Waals surface area contributed by atoms with E-state index in [2.05, 4.69) is 15.9 Å². The van der Waals surface area contributed by atoms with E-state index in [1.54, 1.807) is 31.2 Å². The molecule has 1 aromatic rings. The second kappa shape index (κ2) is 6.34. The molecular weight excluding hydrogens is 319 g/mol. The maximum atomic E-state index is 12.1. The summed E-state index contributed by atoms with van der Waals surface area (Å²) in [7, 11) is 0. The van der Waals surface area contributed by atoms with Gasteiger partial charge in [-0.3, -0.25) is 9.59 Å². The molecule has 1 aromatic carbocycles. The lowest BCUT2D eigenvalue weighted by Gasteiger charge is -2.26. The van der Waals surface area contributed by atoms with Gasteiger partial charge in [0.05, 0.1) is 11.9 Å². The largest absolute Gasteiger partial charge is 0.465 e. The van der Waals surface area contributed by atoms with Crippen LogP contribution in [0.2, 0.25) is 5.02 Å². The van der Waals surface area contributed by atoms with Gasteiger partial charge in [0.1, 0.15) is 0 Å². The van der Waals surface area contributed by atoms with Gasteiger partial charge in [-0.1, -0.05) is 45.7 Å². The normalized spacial score (nSPS) is 13.8. The number of Topliss-reactive ketones (excluding diaryl/α,β-unsaturated/α-hetero) is 1. The molecule has 0 spiro atoms. The monoisotopic (exact) mass is 332 g/mol. The Labute approximate surface area is 120 Å². The van der Waals surface area contributed by atoms with Crippen LogP contribution in [0.15, 0.2) is 24.3 Å². The van der Waals surface area contributed by atoms with Gasteiger partial charge in [0.25, 0.3) is 0 Å². The molecule has 0 aliphatic heterocycles. The van der Waals surface area contributed by atoms with Crippen LogP contribution >= 0.6 is 27.5 Å². The molecule has 0 heterocycles. The first-order valence-corrected chi connectivity index (χ1v) is 6.99. The van der Waals surface area contributed by atoms with Gasteiger partial charge in [-0.25, -0.2) is 0 Å². The van der Waals surface area contributed by atoms with Crippen molar-refractivity contribution in [3.8, 4) is 0 Å². The fourth-order valence-electron chi connectivity index (χ4n) is 1.65. The first-order chi connectivity index (χ1) is 8.48. The SMILES string of the molecule is CCOC(=O)C(C)(C(=O)CBr)c1ccccc1Cl. The van der Waals surface area contributed by atoms with Gasteiger partial charge in [-0.2, -0.15) is 0 Å². The highest BCUT2D eigenvalue weighted by atomic mass is 79.9. The summed E-state index contributed by atoms with van der Waals surface area (Å²) in [6.07, 6.45) is 0. The van der Waals surface area contributed by atoms with E-state index in [1.807, 2.05) is 0 Å². The van der Waals surface area contributed by atoms with E-state index < -0.39 is 11.4 Å². The third kappa shape index (κ3) is 2.75. The third-order valence-corrected chi connectivity index (χ3v) is 3.61. The molecule has 0 saturated carbocycles. The van der Waals surface area contributed by atoms with Crippen LogP contribution in [-0.2, 0) is 19.7 Å². The van der Waals surface area contributed by atoms with Crippen molar-refractivity contribution >= 4 is 39.3 Å². The van der Waals surface area contributed by atoms with Gasteiger partial charge in [-0.15, -0.1) is 0 Å². The lowest BCUT2D eigenvalue weighted by atomic mass is 9.79. The molecule has 0 aliphatic carbocycles. The highest BCUT2D eigenvalue weighted by molar-refractivity contribution is 9.09. The summed E-state index contributed by atoms with van der Waals surface area (Å²) >= 11 is 9.17. The molecule has 1 unspecified atom stereocenters. The Balaban J connectivity index is 3.34. The van der Waals surface area contributed by atoms with Gasteiger partial charge < -0.3 is 4.74 Å². The van der Waals surface area contributed by atoms with Crippen LogP contribution in [0.1, 0.15) is 19.4 Å². The highest BCUT2D eigenvalue weighted by Gasteiger charge is 2.44. The minimum Gasteiger partial charge on any atom is -0.465 e. The summed E-state index contributed by atoms with van der Waals surface area (Å²) in [5, 5.41) is 0.440. The van der Waals surface area contributed by atoms with Gasteiger partial charge in [0, 0.05) is 5.02 Å². The summed E-state index contributed by atoms with van der Waals surface area (Å²) in [6.45, 7) is 3.45. The van der Waals surface area contributed by atoms with Crippen molar-refractivity contribution in [3.05, 3.63) is 34.9 Å². The summed E-state index contributed by atoms with van der Waals surface area (Å²) < 4.78 is 5.00. The first kappa shape index (κ1) is 15.2. The Morgan fingerprint density at radius 2 is 2.00 bits per heavy atom. The molecular formula is C13H14BrClO3. The number of hydrogen-bond acceptors (Lipinski definition) is 3. The number of hydrogen-bond donors (Lipinski definition) is 0. The number of benzene rings is 1. The molecule has 3 nitrogen and oxygen atoms in total. The fraction of sp³-hybridized carbons (Fsp3) is 0.385. The maximum absolute atomic E-state index is 12.1. The summed E-state index contributed by atoms with van der Waals surface area (Å²) in [6, 6.07) is 6.80. The van der Waals surface area contributed by atoms with E-state index in [0.29, 0.717) is 10.6 Å². The number of carbonyl (C=O) groups is 2. The molecule has 0 aliphatic rings. The number of carbonyl (C=O) groups excluding carboxylic acids is 2. The number of esters is 1. The zero-order chi connectivity index (χ0) is 13.8. The van der Waals surface area contributed by atoms with E-state index >= 15 is 0 Å². The van der Waals surface area contributed by atoms with Crippen molar-refractivity contribution in [2.75, 3.05) is 11.9 Å². The number of ether oxygens (including phenoxy) is 1. The van der Waals surface area contributed by atoms with Crippen molar-refractivity contribution in [1.29, 1.82) is 0 Å². The lowest BCUT2D eigenvalue weighted by molar-refractivity contribution is -0.152. The first-order valence-electron chi connectivity index (χ1n) is 5.50. The summed E-state index contributed by atoms with van der Waals surface area (Å²) in [4.78, 5) is 24.2. The van der Waals surface area contributed by atoms with E-state index in [1.165, 1.54) is 6.92 Å². The molecule has 5 heteroatoms. The molecule has 18 heavy (non-hydrogen) atoms. The minimum absolute atomic E-state index is 0.0630. The van der Waals surface area contributed by atoms with E-state index in [0.717, 1.165) is 0 Å². The molecule has 1 atom stereocenters. The predicted molar refractivity (Wildman–Crippen MR) is 74.2 cm³/mol. The molecule has 0 saturated heterocycles. The average Bonchev–Trinajstić information content (AvgIpc) is 2.37. The van der Waals surface area contributed by atoms with E-state index in [4.69, 9.17) is 16.3 Å². The van der Waals surface area contributed by atoms with Crippen molar-refractivity contribution < 1.29 is 14.3 Å². The topological polar surface area (TPSA) is 43.4 Å². The average molecular weight is 334 g/mol. The third-order valence-electron chi connectivity index (χ3n) is 2.78. The Morgan fingerprint density at radius 3 is 2.50 bits per heavy atom. The number of ketones is 1. The van der Waals surface area contributed by atoms with E-state index in [9.17, 15) is 9.59 Å². The number of halogens is 2. The smallest absolute Gasteiger partial charge is 0.323 e. The maximum Gasteiger partial charge on any atom is 0.323 e. The van der Waals surface area contributed by atoms with Crippen LogP contribution in [0.5, 0.6) is 0 Å². The van der Waals surface area contributed by atoms with Crippen molar-refractivity contribution in [2.24, 2.45) is 0 Å².